The molecule has 1 heterocycles. The van der Waals surface area contributed by atoms with Crippen LogP contribution >= 0.6 is 0 Å². The summed E-state index contributed by atoms with van der Waals surface area (Å²) in [5, 5.41) is 6.40. The number of aromatic nitrogens is 1. The Morgan fingerprint density at radius 3 is 2.12 bits per heavy atom. The topological polar surface area (TPSA) is 63.1 Å². The Hall–Kier alpha value is -4.92. The fourth-order valence-electron chi connectivity index (χ4n) is 4.55. The van der Waals surface area contributed by atoms with Gasteiger partial charge < -0.3 is 15.2 Å². The summed E-state index contributed by atoms with van der Waals surface area (Å²) in [6.07, 6.45) is -4.39. The lowest BCUT2D eigenvalue weighted by molar-refractivity contribution is -0.137. The van der Waals surface area contributed by atoms with Crippen molar-refractivity contribution in [3.05, 3.63) is 137 Å². The van der Waals surface area contributed by atoms with Crippen molar-refractivity contribution in [3.63, 3.8) is 0 Å². The largest absolute Gasteiger partial charge is 0.416 e. The second-order valence-electron chi connectivity index (χ2n) is 9.60. The van der Waals surface area contributed by atoms with E-state index < -0.39 is 11.7 Å². The second kappa shape index (κ2) is 11.7. The van der Waals surface area contributed by atoms with E-state index >= 15 is 0 Å². The van der Waals surface area contributed by atoms with Gasteiger partial charge in [0.15, 0.2) is 0 Å². The Morgan fingerprint density at radius 1 is 0.756 bits per heavy atom. The Bertz CT molecular complexity index is 1680. The molecule has 0 fully saturated rings. The molecule has 0 saturated carbocycles. The zero-order valence-corrected chi connectivity index (χ0v) is 21.7. The monoisotopic (exact) mass is 559 g/mol. The Morgan fingerprint density at radius 2 is 1.44 bits per heavy atom. The molecule has 0 aliphatic heterocycles. The minimum Gasteiger partial charge on any atom is -0.347 e. The van der Waals surface area contributed by atoms with Gasteiger partial charge in [-0.15, -0.1) is 0 Å². The number of rotatable bonds is 8. The van der Waals surface area contributed by atoms with Crippen molar-refractivity contribution in [3.8, 4) is 0 Å². The van der Waals surface area contributed by atoms with Gasteiger partial charge in [-0.25, -0.2) is 4.39 Å². The van der Waals surface area contributed by atoms with Gasteiger partial charge in [0.2, 0.25) is 5.91 Å². The molecule has 0 radical (unpaired) electrons. The second-order valence-corrected chi connectivity index (χ2v) is 9.60. The van der Waals surface area contributed by atoms with Crippen molar-refractivity contribution in [2.45, 2.75) is 25.7 Å². The maximum absolute atomic E-state index is 13.3. The number of benzene rings is 4. The SMILES string of the molecule is O=C(Cc1ccc(F)cc1)Nc1ccc2c(c1)cc(C(=O)NCc1ccccc1)n2Cc1ccc(C(F)(F)F)cc1. The van der Waals surface area contributed by atoms with E-state index in [2.05, 4.69) is 10.6 Å². The van der Waals surface area contributed by atoms with Crippen molar-refractivity contribution in [2.24, 2.45) is 0 Å². The summed E-state index contributed by atoms with van der Waals surface area (Å²) in [6, 6.07) is 26.7. The minimum absolute atomic E-state index is 0.0559. The lowest BCUT2D eigenvalue weighted by Crippen LogP contribution is -2.25. The number of hydrogen-bond donors (Lipinski definition) is 2. The number of anilines is 1. The molecule has 5 rings (SSSR count). The third-order valence-electron chi connectivity index (χ3n) is 6.61. The molecule has 0 saturated heterocycles. The fourth-order valence-corrected chi connectivity index (χ4v) is 4.55. The molecule has 9 heteroatoms. The maximum Gasteiger partial charge on any atom is 0.416 e. The highest BCUT2D eigenvalue weighted by Crippen LogP contribution is 2.30. The number of carbonyl (C=O) groups excluding carboxylic acids is 2. The van der Waals surface area contributed by atoms with Crippen LogP contribution in [-0.2, 0) is 30.5 Å². The third kappa shape index (κ3) is 6.81. The highest BCUT2D eigenvalue weighted by atomic mass is 19.4. The number of nitrogens with one attached hydrogen (secondary N) is 2. The van der Waals surface area contributed by atoms with Crippen molar-refractivity contribution in [2.75, 3.05) is 5.32 Å². The van der Waals surface area contributed by atoms with E-state index in [9.17, 15) is 27.2 Å². The maximum atomic E-state index is 13.3. The molecule has 5 nitrogen and oxygen atoms in total. The zero-order chi connectivity index (χ0) is 29.0. The predicted molar refractivity (Wildman–Crippen MR) is 149 cm³/mol. The summed E-state index contributed by atoms with van der Waals surface area (Å²) in [7, 11) is 0. The molecular formula is C32H25F4N3O2. The standard InChI is InChI=1S/C32H25F4N3O2/c33-26-12-8-21(9-13-26)16-30(40)38-27-14-15-28-24(17-27)18-29(31(41)37-19-22-4-2-1-3-5-22)39(28)20-23-6-10-25(11-7-23)32(34,35)36/h1-15,17-18H,16,19-20H2,(H,37,41)(H,38,40). The summed E-state index contributed by atoms with van der Waals surface area (Å²) in [5.74, 6) is -1.02. The first kappa shape index (κ1) is 27.6. The number of nitrogens with zero attached hydrogens (tertiary/aromatic N) is 1. The van der Waals surface area contributed by atoms with E-state index in [-0.39, 0.29) is 30.6 Å². The van der Waals surface area contributed by atoms with E-state index in [1.807, 2.05) is 30.3 Å². The average molecular weight is 560 g/mol. The quantitative estimate of drug-likeness (QED) is 0.202. The summed E-state index contributed by atoms with van der Waals surface area (Å²) >= 11 is 0. The molecule has 2 amide bonds. The van der Waals surface area contributed by atoms with Crippen LogP contribution < -0.4 is 10.6 Å². The summed E-state index contributed by atoms with van der Waals surface area (Å²) < 4.78 is 54.1. The van der Waals surface area contributed by atoms with Crippen LogP contribution in [0.4, 0.5) is 23.2 Å². The number of alkyl halides is 3. The molecule has 1 aromatic heterocycles. The van der Waals surface area contributed by atoms with Crippen LogP contribution in [0.15, 0.2) is 103 Å². The summed E-state index contributed by atoms with van der Waals surface area (Å²) in [5.41, 5.74) is 2.91. The Labute approximate surface area is 233 Å². The van der Waals surface area contributed by atoms with Crippen molar-refractivity contribution in [1.29, 1.82) is 0 Å². The first-order valence-electron chi connectivity index (χ1n) is 12.8. The van der Waals surface area contributed by atoms with Gasteiger partial charge in [-0.3, -0.25) is 9.59 Å². The molecule has 4 aromatic carbocycles. The average Bonchev–Trinajstić information content (AvgIpc) is 3.30. The number of carbonyl (C=O) groups is 2. The van der Waals surface area contributed by atoms with Gasteiger partial charge in [0.05, 0.1) is 12.0 Å². The van der Waals surface area contributed by atoms with Gasteiger partial charge in [0.1, 0.15) is 11.5 Å². The fraction of sp³-hybridized carbons (Fsp3) is 0.125. The molecule has 208 valence electrons. The van der Waals surface area contributed by atoms with Crippen LogP contribution in [0.2, 0.25) is 0 Å². The van der Waals surface area contributed by atoms with E-state index in [1.165, 1.54) is 24.3 Å². The number of hydrogen-bond acceptors (Lipinski definition) is 2. The molecule has 0 bridgehead atoms. The summed E-state index contributed by atoms with van der Waals surface area (Å²) in [4.78, 5) is 25.9. The van der Waals surface area contributed by atoms with Crippen molar-refractivity contribution in [1.82, 2.24) is 9.88 Å². The van der Waals surface area contributed by atoms with Gasteiger partial charge in [-0.05, 0) is 65.2 Å². The molecule has 0 spiro atoms. The van der Waals surface area contributed by atoms with E-state index in [0.29, 0.717) is 40.0 Å². The first-order valence-corrected chi connectivity index (χ1v) is 12.8. The van der Waals surface area contributed by atoms with Crippen molar-refractivity contribution < 1.29 is 27.2 Å². The molecular weight excluding hydrogens is 534 g/mol. The Balaban J connectivity index is 1.42. The smallest absolute Gasteiger partial charge is 0.347 e. The van der Waals surface area contributed by atoms with Gasteiger partial charge in [0.25, 0.3) is 5.91 Å². The van der Waals surface area contributed by atoms with Crippen LogP contribution in [0.5, 0.6) is 0 Å². The normalized spacial score (nSPS) is 11.4. The van der Waals surface area contributed by atoms with Crippen LogP contribution in [0.3, 0.4) is 0 Å². The number of halogens is 4. The van der Waals surface area contributed by atoms with Gasteiger partial charge >= 0.3 is 6.18 Å². The molecule has 41 heavy (non-hydrogen) atoms. The minimum atomic E-state index is -4.45. The third-order valence-corrected chi connectivity index (χ3v) is 6.61. The molecule has 0 aliphatic carbocycles. The van der Waals surface area contributed by atoms with E-state index in [4.69, 9.17) is 0 Å². The van der Waals surface area contributed by atoms with Crippen LogP contribution in [0.1, 0.15) is 32.7 Å². The van der Waals surface area contributed by atoms with Crippen molar-refractivity contribution >= 4 is 28.4 Å². The lowest BCUT2D eigenvalue weighted by Gasteiger charge is -2.13. The van der Waals surface area contributed by atoms with Crippen LogP contribution in [-0.4, -0.2) is 16.4 Å². The molecule has 0 unspecified atom stereocenters. The number of amides is 2. The molecule has 5 aromatic rings. The summed E-state index contributed by atoms with van der Waals surface area (Å²) in [6.45, 7) is 0.457. The van der Waals surface area contributed by atoms with Gasteiger partial charge in [-0.2, -0.15) is 13.2 Å². The Kier molecular flexibility index (Phi) is 7.87. The van der Waals surface area contributed by atoms with Crippen LogP contribution in [0, 0.1) is 5.82 Å². The zero-order valence-electron chi connectivity index (χ0n) is 21.7. The van der Waals surface area contributed by atoms with E-state index in [1.54, 1.807) is 41.0 Å². The number of fused-ring (bicyclic) bond motifs is 1. The lowest BCUT2D eigenvalue weighted by atomic mass is 10.1. The molecule has 0 atom stereocenters. The van der Waals surface area contributed by atoms with Crippen LogP contribution in [0.25, 0.3) is 10.9 Å². The van der Waals surface area contributed by atoms with E-state index in [0.717, 1.165) is 17.7 Å². The van der Waals surface area contributed by atoms with Gasteiger partial charge in [-0.1, -0.05) is 54.6 Å². The highest BCUT2D eigenvalue weighted by Gasteiger charge is 2.30. The first-order chi connectivity index (χ1) is 19.7. The highest BCUT2D eigenvalue weighted by molar-refractivity contribution is 6.01. The molecule has 2 N–H and O–H groups in total. The predicted octanol–water partition coefficient (Wildman–Crippen LogP) is 6.96. The molecule has 0 aliphatic rings. The van der Waals surface area contributed by atoms with Gasteiger partial charge in [0, 0.05) is 29.7 Å².